The number of ether oxygens (including phenoxy) is 1. The number of aromatic nitrogens is 3. The Kier molecular flexibility index (Phi) is 5.45. The van der Waals surface area contributed by atoms with E-state index in [1.807, 2.05) is 37.3 Å². The van der Waals surface area contributed by atoms with Crippen LogP contribution in [0.25, 0.3) is 0 Å². The molecule has 1 N–H and O–H groups in total. The molecular weight excluding hydrogens is 336 g/mol. The lowest BCUT2D eigenvalue weighted by molar-refractivity contribution is 0.103. The number of nitrogens with zero attached hydrogens (tertiary/aromatic N) is 3. The van der Waals surface area contributed by atoms with Gasteiger partial charge in [0.15, 0.2) is 0 Å². The van der Waals surface area contributed by atoms with E-state index in [0.29, 0.717) is 24.6 Å². The molecule has 0 fully saturated rings. The zero-order valence-corrected chi connectivity index (χ0v) is 15.0. The third-order valence-electron chi connectivity index (χ3n) is 3.71. The van der Waals surface area contributed by atoms with Crippen LogP contribution in [0.3, 0.4) is 0 Å². The van der Waals surface area contributed by atoms with E-state index in [4.69, 9.17) is 4.74 Å². The van der Waals surface area contributed by atoms with Crippen molar-refractivity contribution in [1.82, 2.24) is 14.8 Å². The van der Waals surface area contributed by atoms with E-state index >= 15 is 0 Å². The van der Waals surface area contributed by atoms with Crippen molar-refractivity contribution >= 4 is 22.9 Å². The van der Waals surface area contributed by atoms with E-state index < -0.39 is 0 Å². The highest BCUT2D eigenvalue weighted by Gasteiger charge is 2.12. The van der Waals surface area contributed by atoms with Gasteiger partial charge < -0.3 is 10.1 Å². The molecule has 0 unspecified atom stereocenters. The molecule has 0 saturated heterocycles. The Bertz CT molecular complexity index is 843. The van der Waals surface area contributed by atoms with Crippen molar-refractivity contribution in [3.63, 3.8) is 0 Å². The van der Waals surface area contributed by atoms with Gasteiger partial charge in [0.1, 0.15) is 25.0 Å². The average molecular weight is 356 g/mol. The van der Waals surface area contributed by atoms with Gasteiger partial charge in [-0.3, -0.25) is 4.79 Å². The lowest BCUT2D eigenvalue weighted by atomic mass is 10.2. The molecule has 0 spiro atoms. The lowest BCUT2D eigenvalue weighted by Crippen LogP contribution is -2.11. The highest BCUT2D eigenvalue weighted by Crippen LogP contribution is 2.24. The molecule has 0 bridgehead atoms. The molecule has 0 aliphatic carbocycles. The molecule has 2 aromatic heterocycles. The van der Waals surface area contributed by atoms with Crippen molar-refractivity contribution in [2.45, 2.75) is 26.8 Å². The maximum absolute atomic E-state index is 12.4. The fourth-order valence-corrected chi connectivity index (χ4v) is 3.45. The second-order valence-corrected chi connectivity index (χ2v) is 6.70. The minimum atomic E-state index is -0.0902. The monoisotopic (exact) mass is 356 g/mol. The molecule has 3 rings (SSSR count). The summed E-state index contributed by atoms with van der Waals surface area (Å²) in [5.41, 5.74) is 1.88. The Morgan fingerprint density at radius 1 is 1.36 bits per heavy atom. The van der Waals surface area contributed by atoms with Gasteiger partial charge in [0.25, 0.3) is 5.91 Å². The molecule has 6 nitrogen and oxygen atoms in total. The first-order valence-corrected chi connectivity index (χ1v) is 8.93. The van der Waals surface area contributed by atoms with Crippen LogP contribution < -0.4 is 10.1 Å². The first-order chi connectivity index (χ1) is 12.2. The lowest BCUT2D eigenvalue weighted by Gasteiger charge is -2.09. The SMILES string of the molecule is CCc1sc(C(=O)Nc2cccc(OCCn3cncn3)c2)cc1C. The maximum Gasteiger partial charge on any atom is 0.265 e. The van der Waals surface area contributed by atoms with Crippen LogP contribution in [0.5, 0.6) is 5.75 Å². The second kappa shape index (κ2) is 7.94. The molecule has 0 aliphatic rings. The van der Waals surface area contributed by atoms with E-state index in [0.717, 1.165) is 11.3 Å². The Hall–Kier alpha value is -2.67. The Morgan fingerprint density at radius 3 is 2.96 bits per heavy atom. The first-order valence-electron chi connectivity index (χ1n) is 8.11. The van der Waals surface area contributed by atoms with Gasteiger partial charge in [-0.15, -0.1) is 11.3 Å². The molecule has 0 aliphatic heterocycles. The number of anilines is 1. The number of benzene rings is 1. The van der Waals surface area contributed by atoms with Crippen LogP contribution in [-0.4, -0.2) is 27.3 Å². The van der Waals surface area contributed by atoms with E-state index in [-0.39, 0.29) is 5.91 Å². The number of carbonyl (C=O) groups is 1. The highest BCUT2D eigenvalue weighted by molar-refractivity contribution is 7.14. The van der Waals surface area contributed by atoms with Crippen LogP contribution in [0.1, 0.15) is 27.0 Å². The number of nitrogens with one attached hydrogen (secondary N) is 1. The number of aryl methyl sites for hydroxylation is 2. The standard InChI is InChI=1S/C18H20N4O2S/c1-3-16-13(2)9-17(25-16)18(23)21-14-5-4-6-15(10-14)24-8-7-22-12-19-11-20-22/h4-6,9-12H,3,7-8H2,1-2H3,(H,21,23). The van der Waals surface area contributed by atoms with E-state index in [1.165, 1.54) is 16.8 Å². The minimum absolute atomic E-state index is 0.0902. The number of hydrogen-bond donors (Lipinski definition) is 1. The fourth-order valence-electron chi connectivity index (χ4n) is 2.44. The molecule has 7 heteroatoms. The number of amides is 1. The highest BCUT2D eigenvalue weighted by atomic mass is 32.1. The summed E-state index contributed by atoms with van der Waals surface area (Å²) < 4.78 is 7.42. The summed E-state index contributed by atoms with van der Waals surface area (Å²) in [5.74, 6) is 0.613. The van der Waals surface area contributed by atoms with Crippen molar-refractivity contribution < 1.29 is 9.53 Å². The first kappa shape index (κ1) is 17.2. The normalized spacial score (nSPS) is 10.6. The van der Waals surface area contributed by atoms with Gasteiger partial charge in [-0.05, 0) is 37.1 Å². The van der Waals surface area contributed by atoms with Gasteiger partial charge in [0, 0.05) is 16.6 Å². The summed E-state index contributed by atoms with van der Waals surface area (Å²) in [6.45, 7) is 5.23. The topological polar surface area (TPSA) is 69.0 Å². The van der Waals surface area contributed by atoms with Crippen LogP contribution in [-0.2, 0) is 13.0 Å². The summed E-state index contributed by atoms with van der Waals surface area (Å²) >= 11 is 1.54. The maximum atomic E-state index is 12.4. The number of thiophene rings is 1. The number of carbonyl (C=O) groups excluding carboxylic acids is 1. The molecule has 2 heterocycles. The van der Waals surface area contributed by atoms with Crippen LogP contribution in [0.2, 0.25) is 0 Å². The zero-order chi connectivity index (χ0) is 17.6. The molecule has 3 aromatic rings. The predicted molar refractivity (Wildman–Crippen MR) is 98.3 cm³/mol. The van der Waals surface area contributed by atoms with Crippen LogP contribution in [0.15, 0.2) is 43.0 Å². The average Bonchev–Trinajstić information content (AvgIpc) is 3.24. The molecule has 0 radical (unpaired) electrons. The van der Waals surface area contributed by atoms with Crippen LogP contribution in [0.4, 0.5) is 5.69 Å². The van der Waals surface area contributed by atoms with Crippen molar-refractivity contribution in [1.29, 1.82) is 0 Å². The fraction of sp³-hybridized carbons (Fsp3) is 0.278. The third kappa shape index (κ3) is 4.45. The largest absolute Gasteiger partial charge is 0.492 e. The Balaban J connectivity index is 1.59. The summed E-state index contributed by atoms with van der Waals surface area (Å²) in [7, 11) is 0. The van der Waals surface area contributed by atoms with Gasteiger partial charge in [-0.25, -0.2) is 9.67 Å². The van der Waals surface area contributed by atoms with Crippen LogP contribution >= 0.6 is 11.3 Å². The summed E-state index contributed by atoms with van der Waals surface area (Å²) in [6.07, 6.45) is 4.08. The van der Waals surface area contributed by atoms with Gasteiger partial charge in [0.05, 0.1) is 11.4 Å². The number of hydrogen-bond acceptors (Lipinski definition) is 5. The summed E-state index contributed by atoms with van der Waals surface area (Å²) in [5, 5.41) is 6.95. The van der Waals surface area contributed by atoms with E-state index in [9.17, 15) is 4.79 Å². The van der Waals surface area contributed by atoms with Gasteiger partial charge in [0.2, 0.25) is 0 Å². The number of rotatable bonds is 7. The van der Waals surface area contributed by atoms with Gasteiger partial charge >= 0.3 is 0 Å². The molecule has 1 aromatic carbocycles. The second-order valence-electron chi connectivity index (χ2n) is 5.56. The van der Waals surface area contributed by atoms with Gasteiger partial charge in [-0.2, -0.15) is 5.10 Å². The van der Waals surface area contributed by atoms with E-state index in [1.54, 1.807) is 22.3 Å². The van der Waals surface area contributed by atoms with Crippen molar-refractivity contribution in [2.75, 3.05) is 11.9 Å². The molecule has 1 amide bonds. The van der Waals surface area contributed by atoms with Crippen molar-refractivity contribution in [3.05, 3.63) is 58.3 Å². The quantitative estimate of drug-likeness (QED) is 0.703. The van der Waals surface area contributed by atoms with E-state index in [2.05, 4.69) is 22.3 Å². The zero-order valence-electron chi connectivity index (χ0n) is 14.2. The Morgan fingerprint density at radius 2 is 2.24 bits per heavy atom. The van der Waals surface area contributed by atoms with Crippen molar-refractivity contribution in [2.24, 2.45) is 0 Å². The molecule has 0 atom stereocenters. The third-order valence-corrected chi connectivity index (χ3v) is 5.09. The molecule has 25 heavy (non-hydrogen) atoms. The van der Waals surface area contributed by atoms with Gasteiger partial charge in [-0.1, -0.05) is 13.0 Å². The van der Waals surface area contributed by atoms with Crippen LogP contribution in [0, 0.1) is 6.92 Å². The summed E-state index contributed by atoms with van der Waals surface area (Å²) in [4.78, 5) is 18.3. The molecule has 0 saturated carbocycles. The Labute approximate surface area is 150 Å². The molecular formula is C18H20N4O2S. The summed E-state index contributed by atoms with van der Waals surface area (Å²) in [6, 6.07) is 9.33. The predicted octanol–water partition coefficient (Wildman–Crippen LogP) is 3.54. The molecule has 130 valence electrons. The van der Waals surface area contributed by atoms with Crippen molar-refractivity contribution in [3.8, 4) is 5.75 Å². The minimum Gasteiger partial charge on any atom is -0.492 e. The smallest absolute Gasteiger partial charge is 0.265 e.